The number of halogens is 2. The zero-order chi connectivity index (χ0) is 26.4. The fourth-order valence-corrected chi connectivity index (χ4v) is 5.27. The molecule has 2 aliphatic heterocycles. The molecule has 0 unspecified atom stereocenters. The number of rotatable bonds is 5. The smallest absolute Gasteiger partial charge is 0.237 e. The molecule has 4 aromatic rings. The first kappa shape index (κ1) is 24.5. The van der Waals surface area contributed by atoms with Crippen molar-refractivity contribution >= 4 is 16.8 Å². The second-order valence-electron chi connectivity index (χ2n) is 9.73. The van der Waals surface area contributed by atoms with Crippen molar-refractivity contribution in [3.05, 3.63) is 52.9 Å². The van der Waals surface area contributed by atoms with Crippen molar-refractivity contribution < 1.29 is 23.4 Å². The zero-order valence-corrected chi connectivity index (χ0v) is 21.0. The summed E-state index contributed by atoms with van der Waals surface area (Å²) in [6.07, 6.45) is 1.14. The summed E-state index contributed by atoms with van der Waals surface area (Å²) in [5, 5.41) is 17.2. The van der Waals surface area contributed by atoms with Gasteiger partial charge in [0, 0.05) is 26.1 Å². The number of aromatic nitrogens is 4. The van der Waals surface area contributed by atoms with Crippen LogP contribution in [0.2, 0.25) is 0 Å². The number of carbonyl (C=O) groups excluding carboxylic acids is 1. The molecule has 0 saturated carbocycles. The van der Waals surface area contributed by atoms with Gasteiger partial charge in [0.25, 0.3) is 0 Å². The number of morpholine rings is 1. The van der Waals surface area contributed by atoms with Crippen molar-refractivity contribution in [2.45, 2.75) is 26.3 Å². The lowest BCUT2D eigenvalue weighted by Gasteiger charge is -2.31. The summed E-state index contributed by atoms with van der Waals surface area (Å²) in [5.74, 6) is -1.22. The first-order chi connectivity index (χ1) is 18.4. The number of aromatic amines is 2. The number of benzene rings is 2. The highest BCUT2D eigenvalue weighted by Gasteiger charge is 2.27. The molecule has 198 valence electrons. The minimum absolute atomic E-state index is 0.0645. The van der Waals surface area contributed by atoms with Crippen molar-refractivity contribution in [1.29, 1.82) is 0 Å². The first-order valence-electron chi connectivity index (χ1n) is 12.8. The molecule has 3 N–H and O–H groups in total. The van der Waals surface area contributed by atoms with E-state index in [4.69, 9.17) is 4.74 Å². The van der Waals surface area contributed by atoms with Gasteiger partial charge < -0.3 is 19.7 Å². The molecule has 4 heterocycles. The highest BCUT2D eigenvalue weighted by atomic mass is 19.1. The average Bonchev–Trinajstić information content (AvgIpc) is 3.54. The summed E-state index contributed by atoms with van der Waals surface area (Å²) < 4.78 is 35.0. The van der Waals surface area contributed by atoms with Gasteiger partial charge in [-0.05, 0) is 47.4 Å². The molecule has 1 saturated heterocycles. The molecule has 2 aromatic carbocycles. The summed E-state index contributed by atoms with van der Waals surface area (Å²) in [5.41, 5.74) is 4.15. The number of aromatic hydroxyl groups is 1. The van der Waals surface area contributed by atoms with Crippen LogP contribution in [0.5, 0.6) is 5.75 Å². The van der Waals surface area contributed by atoms with Crippen LogP contribution in [0.25, 0.3) is 33.5 Å². The van der Waals surface area contributed by atoms with E-state index in [9.17, 15) is 14.3 Å². The lowest BCUT2D eigenvalue weighted by atomic mass is 9.96. The van der Waals surface area contributed by atoms with Crippen LogP contribution in [0.15, 0.2) is 24.3 Å². The monoisotopic (exact) mass is 522 g/mol. The van der Waals surface area contributed by atoms with Gasteiger partial charge in [0.05, 0.1) is 48.6 Å². The number of phenols is 1. The van der Waals surface area contributed by atoms with E-state index in [0.717, 1.165) is 24.5 Å². The summed E-state index contributed by atoms with van der Waals surface area (Å²) in [7, 11) is 0. The molecule has 2 aromatic heterocycles. The van der Waals surface area contributed by atoms with E-state index in [2.05, 4.69) is 25.1 Å². The Morgan fingerprint density at radius 3 is 2.74 bits per heavy atom. The molecule has 2 aliphatic rings. The number of phenolic OH excluding ortho intramolecular Hbond substituents is 1. The largest absolute Gasteiger partial charge is 0.505 e. The number of ether oxygens (including phenoxy) is 1. The van der Waals surface area contributed by atoms with Crippen LogP contribution in [0.3, 0.4) is 0 Å². The molecule has 38 heavy (non-hydrogen) atoms. The molecule has 11 heteroatoms. The molecule has 0 spiro atoms. The lowest BCUT2D eigenvalue weighted by molar-refractivity contribution is -0.134. The Balaban J connectivity index is 1.27. The zero-order valence-electron chi connectivity index (χ0n) is 21.0. The van der Waals surface area contributed by atoms with E-state index in [1.54, 1.807) is 6.07 Å². The van der Waals surface area contributed by atoms with Gasteiger partial charge in [-0.15, -0.1) is 0 Å². The highest BCUT2D eigenvalue weighted by Crippen LogP contribution is 2.35. The maximum absolute atomic E-state index is 15.5. The Morgan fingerprint density at radius 2 is 1.95 bits per heavy atom. The van der Waals surface area contributed by atoms with Crippen molar-refractivity contribution in [2.24, 2.45) is 0 Å². The number of nitrogens with one attached hydrogen (secondary N) is 2. The molecule has 0 bridgehead atoms. The number of fused-ring (bicyclic) bond motifs is 2. The summed E-state index contributed by atoms with van der Waals surface area (Å²) in [4.78, 5) is 24.7. The van der Waals surface area contributed by atoms with Crippen molar-refractivity contribution in [2.75, 3.05) is 39.4 Å². The van der Waals surface area contributed by atoms with Gasteiger partial charge in [-0.3, -0.25) is 14.8 Å². The molecule has 0 radical (unpaired) electrons. The maximum atomic E-state index is 15.5. The van der Waals surface area contributed by atoms with Gasteiger partial charge >= 0.3 is 0 Å². The Labute approximate surface area is 217 Å². The van der Waals surface area contributed by atoms with Crippen LogP contribution in [0, 0.1) is 11.6 Å². The fraction of sp³-hybridized carbons (Fsp3) is 0.370. The molecule has 0 atom stereocenters. The van der Waals surface area contributed by atoms with Gasteiger partial charge in [-0.2, -0.15) is 5.10 Å². The number of imidazole rings is 1. The van der Waals surface area contributed by atoms with Crippen LogP contribution in [-0.4, -0.2) is 80.4 Å². The van der Waals surface area contributed by atoms with E-state index >= 15 is 4.39 Å². The number of hydrogen-bond acceptors (Lipinski definition) is 6. The predicted molar refractivity (Wildman–Crippen MR) is 136 cm³/mol. The van der Waals surface area contributed by atoms with Gasteiger partial charge in [0.15, 0.2) is 17.4 Å². The van der Waals surface area contributed by atoms with Crippen molar-refractivity contribution in [3.8, 4) is 28.4 Å². The van der Waals surface area contributed by atoms with Crippen LogP contribution in [0.1, 0.15) is 23.9 Å². The number of carbonyl (C=O) groups is 1. The predicted octanol–water partition coefficient (Wildman–Crippen LogP) is 3.38. The maximum Gasteiger partial charge on any atom is 0.237 e. The first-order valence-corrected chi connectivity index (χ1v) is 12.8. The van der Waals surface area contributed by atoms with Gasteiger partial charge in [-0.25, -0.2) is 13.8 Å². The van der Waals surface area contributed by atoms with E-state index < -0.39 is 17.4 Å². The van der Waals surface area contributed by atoms with Gasteiger partial charge in [-0.1, -0.05) is 6.92 Å². The molecule has 1 fully saturated rings. The number of amides is 1. The molecular formula is C27H28F2N6O3. The molecule has 0 aliphatic carbocycles. The van der Waals surface area contributed by atoms with Gasteiger partial charge in [0.1, 0.15) is 11.5 Å². The minimum atomic E-state index is -0.762. The van der Waals surface area contributed by atoms with Crippen LogP contribution >= 0.6 is 0 Å². The number of hydrogen-bond donors (Lipinski definition) is 3. The normalized spacial score (nSPS) is 16.2. The van der Waals surface area contributed by atoms with Crippen LogP contribution in [-0.2, 0) is 28.9 Å². The molecule has 6 rings (SSSR count). The van der Waals surface area contributed by atoms with Gasteiger partial charge in [0.2, 0.25) is 5.91 Å². The molecule has 9 nitrogen and oxygen atoms in total. The highest BCUT2D eigenvalue weighted by molar-refractivity contribution is 5.94. The second kappa shape index (κ2) is 9.80. The van der Waals surface area contributed by atoms with Crippen LogP contribution in [0.4, 0.5) is 8.78 Å². The topological polar surface area (TPSA) is 110 Å². The SMILES string of the molecule is CCc1cc(O)c(F)cc1-c1cc(F)c2c(-c3nc4c([nH]3)CN(C(=O)CN3CCOCC3)CC4)n[nH]c2c1. The minimum Gasteiger partial charge on any atom is -0.505 e. The Morgan fingerprint density at radius 1 is 1.13 bits per heavy atom. The standard InChI is InChI=1S/C27H28F2N6O3/c1-2-15-11-23(36)18(28)12-17(15)16-9-19(29)25-21(10-16)32-33-26(25)27-30-20-3-4-35(13-22(20)31-27)24(37)14-34-5-7-38-8-6-34/h9-12,36H,2-8,13-14H2,1H3,(H,30,31)(H,32,33). The van der Waals surface area contributed by atoms with Crippen molar-refractivity contribution in [1.82, 2.24) is 30.0 Å². The Bertz CT molecular complexity index is 1530. The third kappa shape index (κ3) is 4.41. The Hall–Kier alpha value is -3.83. The molecule has 1 amide bonds. The fourth-order valence-electron chi connectivity index (χ4n) is 5.27. The average molecular weight is 523 g/mol. The van der Waals surface area contributed by atoms with E-state index in [1.165, 1.54) is 18.2 Å². The Kier molecular flexibility index (Phi) is 6.32. The summed E-state index contributed by atoms with van der Waals surface area (Å²) >= 11 is 0. The molecular weight excluding hydrogens is 494 g/mol. The second-order valence-corrected chi connectivity index (χ2v) is 9.73. The van der Waals surface area contributed by atoms with E-state index in [0.29, 0.717) is 79.4 Å². The lowest BCUT2D eigenvalue weighted by Crippen LogP contribution is -2.46. The van der Waals surface area contributed by atoms with E-state index in [-0.39, 0.29) is 11.3 Å². The van der Waals surface area contributed by atoms with E-state index in [1.807, 2.05) is 11.8 Å². The summed E-state index contributed by atoms with van der Waals surface area (Å²) in [6, 6.07) is 5.66. The number of nitrogens with zero attached hydrogens (tertiary/aromatic N) is 4. The quantitative estimate of drug-likeness (QED) is 0.371. The van der Waals surface area contributed by atoms with Crippen LogP contribution < -0.4 is 0 Å². The number of aryl methyl sites for hydroxylation is 1. The third-order valence-corrected chi connectivity index (χ3v) is 7.35. The summed E-state index contributed by atoms with van der Waals surface area (Å²) in [6.45, 7) is 6.01. The number of H-pyrrole nitrogens is 2. The third-order valence-electron chi connectivity index (χ3n) is 7.35. The van der Waals surface area contributed by atoms with Crippen molar-refractivity contribution in [3.63, 3.8) is 0 Å².